The molecule has 102 valence electrons. The fourth-order valence-corrected chi connectivity index (χ4v) is 2.68. The Kier molecular flexibility index (Phi) is 3.03. The summed E-state index contributed by atoms with van der Waals surface area (Å²) >= 11 is 0. The van der Waals surface area contributed by atoms with Gasteiger partial charge in [-0.25, -0.2) is 0 Å². The van der Waals surface area contributed by atoms with Crippen LogP contribution < -0.4 is 5.32 Å². The van der Waals surface area contributed by atoms with E-state index in [0.29, 0.717) is 13.0 Å². The van der Waals surface area contributed by atoms with Crippen molar-refractivity contribution in [2.24, 2.45) is 11.3 Å². The summed E-state index contributed by atoms with van der Waals surface area (Å²) in [5.41, 5.74) is -0.900. The zero-order valence-electron chi connectivity index (χ0n) is 10.0. The number of carbonyl (C=O) groups is 2. The van der Waals surface area contributed by atoms with E-state index in [1.54, 1.807) is 0 Å². The molecule has 2 saturated heterocycles. The predicted molar refractivity (Wildman–Crippen MR) is 56.5 cm³/mol. The summed E-state index contributed by atoms with van der Waals surface area (Å²) in [7, 11) is 0. The van der Waals surface area contributed by atoms with Gasteiger partial charge in [-0.1, -0.05) is 6.92 Å². The maximum Gasteiger partial charge on any atom is 0.389 e. The average molecular weight is 264 g/mol. The molecule has 1 unspecified atom stereocenters. The van der Waals surface area contributed by atoms with Crippen molar-refractivity contribution in [1.29, 1.82) is 0 Å². The van der Waals surface area contributed by atoms with E-state index in [1.165, 1.54) is 11.8 Å². The molecule has 2 fully saturated rings. The highest BCUT2D eigenvalue weighted by molar-refractivity contribution is 6.01. The van der Waals surface area contributed by atoms with Crippen LogP contribution in [0.4, 0.5) is 13.2 Å². The molecule has 0 spiro atoms. The van der Waals surface area contributed by atoms with Crippen LogP contribution in [0.2, 0.25) is 0 Å². The van der Waals surface area contributed by atoms with E-state index >= 15 is 0 Å². The van der Waals surface area contributed by atoms with Gasteiger partial charge in [0, 0.05) is 25.0 Å². The van der Waals surface area contributed by atoms with E-state index < -0.39 is 23.9 Å². The Morgan fingerprint density at radius 3 is 2.56 bits per heavy atom. The third-order valence-electron chi connectivity index (χ3n) is 3.43. The summed E-state index contributed by atoms with van der Waals surface area (Å²) in [4.78, 5) is 24.5. The molecule has 2 aliphatic rings. The minimum atomic E-state index is -4.21. The summed E-state index contributed by atoms with van der Waals surface area (Å²) in [6, 6.07) is 0. The Morgan fingerprint density at radius 1 is 1.50 bits per heavy atom. The normalized spacial score (nSPS) is 26.8. The number of alkyl halides is 3. The van der Waals surface area contributed by atoms with Crippen molar-refractivity contribution in [3.63, 3.8) is 0 Å². The number of carbonyl (C=O) groups excluding carboxylic acids is 2. The second kappa shape index (κ2) is 4.13. The van der Waals surface area contributed by atoms with Gasteiger partial charge in [0.25, 0.3) is 0 Å². The number of hydrogen-bond donors (Lipinski definition) is 1. The Labute approximate surface area is 103 Å². The monoisotopic (exact) mass is 264 g/mol. The Balaban J connectivity index is 1.88. The molecular formula is C11H15F3N2O2. The molecule has 0 aromatic rings. The van der Waals surface area contributed by atoms with Gasteiger partial charge in [-0.15, -0.1) is 0 Å². The van der Waals surface area contributed by atoms with Crippen LogP contribution in [0, 0.1) is 11.3 Å². The van der Waals surface area contributed by atoms with Gasteiger partial charge >= 0.3 is 6.18 Å². The summed E-state index contributed by atoms with van der Waals surface area (Å²) in [6.45, 7) is 2.13. The fourth-order valence-electron chi connectivity index (χ4n) is 2.68. The van der Waals surface area contributed by atoms with Crippen LogP contribution in [0.1, 0.15) is 19.8 Å². The van der Waals surface area contributed by atoms with Crippen molar-refractivity contribution < 1.29 is 22.8 Å². The van der Waals surface area contributed by atoms with Crippen molar-refractivity contribution in [2.75, 3.05) is 19.6 Å². The van der Waals surface area contributed by atoms with E-state index in [-0.39, 0.29) is 24.9 Å². The molecule has 18 heavy (non-hydrogen) atoms. The number of rotatable bonds is 2. The van der Waals surface area contributed by atoms with Crippen molar-refractivity contribution >= 4 is 11.8 Å². The zero-order chi connectivity index (χ0) is 13.6. The average Bonchev–Trinajstić information content (AvgIpc) is 2.57. The first-order valence-corrected chi connectivity index (χ1v) is 5.83. The van der Waals surface area contributed by atoms with Gasteiger partial charge < -0.3 is 10.2 Å². The van der Waals surface area contributed by atoms with Crippen molar-refractivity contribution in [2.45, 2.75) is 25.9 Å². The number of hydrogen-bond acceptors (Lipinski definition) is 2. The second-order valence-electron chi connectivity index (χ2n) is 5.43. The topological polar surface area (TPSA) is 49.4 Å². The minimum absolute atomic E-state index is 0.0785. The number of amides is 2. The largest absolute Gasteiger partial charge is 0.389 e. The highest BCUT2D eigenvalue weighted by atomic mass is 19.4. The van der Waals surface area contributed by atoms with E-state index in [9.17, 15) is 22.8 Å². The lowest BCUT2D eigenvalue weighted by Gasteiger charge is -2.49. The molecule has 4 nitrogen and oxygen atoms in total. The Bertz CT molecular complexity index is 375. The van der Waals surface area contributed by atoms with Crippen LogP contribution in [-0.2, 0) is 9.59 Å². The standard InChI is InChI=1S/C11H15F3N2O2/c1-10(4-11(12,13)14)5-16(6-10)9(18)7-2-3-15-8(7)17/h7H,2-6H2,1H3,(H,15,17). The van der Waals surface area contributed by atoms with E-state index in [2.05, 4.69) is 5.32 Å². The van der Waals surface area contributed by atoms with Gasteiger partial charge in [0.05, 0.1) is 6.42 Å². The molecular weight excluding hydrogens is 249 g/mol. The highest BCUT2D eigenvalue weighted by Gasteiger charge is 2.50. The fraction of sp³-hybridized carbons (Fsp3) is 0.818. The second-order valence-corrected chi connectivity index (χ2v) is 5.43. The van der Waals surface area contributed by atoms with Crippen LogP contribution in [0.25, 0.3) is 0 Å². The number of nitrogens with one attached hydrogen (secondary N) is 1. The highest BCUT2D eigenvalue weighted by Crippen LogP contribution is 2.41. The summed E-state index contributed by atoms with van der Waals surface area (Å²) < 4.78 is 36.9. The Hall–Kier alpha value is -1.27. The summed E-state index contributed by atoms with van der Waals surface area (Å²) in [5.74, 6) is -1.37. The number of halogens is 3. The Morgan fingerprint density at radius 2 is 2.11 bits per heavy atom. The van der Waals surface area contributed by atoms with Gasteiger partial charge in [0.2, 0.25) is 11.8 Å². The van der Waals surface area contributed by atoms with Crippen LogP contribution in [0.15, 0.2) is 0 Å². The molecule has 0 bridgehead atoms. The van der Waals surface area contributed by atoms with Gasteiger partial charge in [0.1, 0.15) is 5.92 Å². The zero-order valence-corrected chi connectivity index (χ0v) is 10.0. The van der Waals surface area contributed by atoms with Gasteiger partial charge in [-0.2, -0.15) is 13.2 Å². The van der Waals surface area contributed by atoms with Gasteiger partial charge in [0.15, 0.2) is 0 Å². The van der Waals surface area contributed by atoms with E-state index in [4.69, 9.17) is 0 Å². The molecule has 0 aromatic heterocycles. The molecule has 1 atom stereocenters. The van der Waals surface area contributed by atoms with Gasteiger partial charge in [-0.3, -0.25) is 9.59 Å². The van der Waals surface area contributed by atoms with Crippen molar-refractivity contribution in [3.05, 3.63) is 0 Å². The third-order valence-corrected chi connectivity index (χ3v) is 3.43. The minimum Gasteiger partial charge on any atom is -0.355 e. The number of nitrogens with zero attached hydrogens (tertiary/aromatic N) is 1. The lowest BCUT2D eigenvalue weighted by atomic mass is 9.78. The lowest BCUT2D eigenvalue weighted by molar-refractivity contribution is -0.183. The molecule has 0 aromatic carbocycles. The molecule has 0 saturated carbocycles. The molecule has 2 heterocycles. The molecule has 0 radical (unpaired) electrons. The van der Waals surface area contributed by atoms with Crippen LogP contribution in [-0.4, -0.2) is 42.5 Å². The maximum atomic E-state index is 12.3. The molecule has 2 aliphatic heterocycles. The predicted octanol–water partition coefficient (Wildman–Crippen LogP) is 0.923. The van der Waals surface area contributed by atoms with Crippen molar-refractivity contribution in [3.8, 4) is 0 Å². The SMILES string of the molecule is CC1(CC(F)(F)F)CN(C(=O)C2CCNC2=O)C1. The first kappa shape index (κ1) is 13.2. The molecule has 1 N–H and O–H groups in total. The van der Waals surface area contributed by atoms with Crippen molar-refractivity contribution in [1.82, 2.24) is 10.2 Å². The maximum absolute atomic E-state index is 12.3. The lowest BCUT2D eigenvalue weighted by Crippen LogP contribution is -2.60. The smallest absolute Gasteiger partial charge is 0.355 e. The molecule has 7 heteroatoms. The summed E-state index contributed by atoms with van der Waals surface area (Å²) in [5, 5.41) is 2.55. The van der Waals surface area contributed by atoms with Crippen LogP contribution in [0.5, 0.6) is 0 Å². The third kappa shape index (κ3) is 2.59. The summed E-state index contributed by atoms with van der Waals surface area (Å²) in [6.07, 6.45) is -4.67. The van der Waals surface area contributed by atoms with Gasteiger partial charge in [-0.05, 0) is 6.42 Å². The van der Waals surface area contributed by atoms with Crippen LogP contribution in [0.3, 0.4) is 0 Å². The van der Waals surface area contributed by atoms with E-state index in [0.717, 1.165) is 0 Å². The molecule has 2 rings (SSSR count). The first-order valence-electron chi connectivity index (χ1n) is 5.83. The van der Waals surface area contributed by atoms with E-state index in [1.807, 2.05) is 0 Å². The quantitative estimate of drug-likeness (QED) is 0.754. The molecule has 2 amide bonds. The molecule has 0 aliphatic carbocycles. The van der Waals surface area contributed by atoms with Crippen LogP contribution >= 0.6 is 0 Å². The number of likely N-dealkylation sites (tertiary alicyclic amines) is 1. The first-order chi connectivity index (χ1) is 8.20.